The first-order chi connectivity index (χ1) is 8.69. The highest BCUT2D eigenvalue weighted by atomic mass is 16.1. The van der Waals surface area contributed by atoms with Gasteiger partial charge in [-0.15, -0.1) is 0 Å². The first-order valence-electron chi connectivity index (χ1n) is 6.75. The van der Waals surface area contributed by atoms with Crippen LogP contribution < -0.4 is 0 Å². The van der Waals surface area contributed by atoms with Crippen molar-refractivity contribution in [2.24, 2.45) is 0 Å². The molecule has 0 N–H and O–H groups in total. The second-order valence-corrected chi connectivity index (χ2v) is 5.94. The molecule has 2 heteroatoms. The van der Waals surface area contributed by atoms with Gasteiger partial charge in [-0.2, -0.15) is 0 Å². The predicted octanol–water partition coefficient (Wildman–Crippen LogP) is 2.35. The average molecular weight is 239 g/mol. The Morgan fingerprint density at radius 1 is 1.39 bits per heavy atom. The third-order valence-electron chi connectivity index (χ3n) is 4.94. The van der Waals surface area contributed by atoms with E-state index in [-0.39, 0.29) is 11.2 Å². The fourth-order valence-electron chi connectivity index (χ4n) is 4.10. The molecule has 1 aromatic rings. The van der Waals surface area contributed by atoms with Crippen molar-refractivity contribution < 1.29 is 4.79 Å². The summed E-state index contributed by atoms with van der Waals surface area (Å²) in [5.41, 5.74) is 4.38. The van der Waals surface area contributed by atoms with Crippen molar-refractivity contribution in [3.05, 3.63) is 47.0 Å². The molecule has 1 fully saturated rings. The minimum absolute atomic E-state index is 0.120. The highest BCUT2D eigenvalue weighted by molar-refractivity contribution is 5.92. The SMILES string of the molecule is Cc1ccc2c(c1)CN1CCC23C=CC(=O)CC13. The number of carbonyl (C=O) groups excluding carboxylic acids is 1. The molecule has 0 amide bonds. The lowest BCUT2D eigenvalue weighted by Crippen LogP contribution is -2.48. The van der Waals surface area contributed by atoms with Crippen LogP contribution >= 0.6 is 0 Å². The number of fused-ring (bicyclic) bond motifs is 1. The molecule has 1 saturated heterocycles. The standard InChI is InChI=1S/C16H17NO/c1-11-2-3-14-12(8-11)10-17-7-6-16(14)5-4-13(18)9-15(16)17/h2-5,8,15H,6-7,9-10H2,1H3. The zero-order valence-corrected chi connectivity index (χ0v) is 10.6. The van der Waals surface area contributed by atoms with Crippen molar-refractivity contribution in [3.63, 3.8) is 0 Å². The highest BCUT2D eigenvalue weighted by Gasteiger charge is 2.52. The van der Waals surface area contributed by atoms with Crippen molar-refractivity contribution in [1.82, 2.24) is 4.90 Å². The van der Waals surface area contributed by atoms with Crippen molar-refractivity contribution >= 4 is 5.78 Å². The molecule has 3 atom stereocenters. The maximum absolute atomic E-state index is 11.7. The van der Waals surface area contributed by atoms with Gasteiger partial charge >= 0.3 is 0 Å². The van der Waals surface area contributed by atoms with Crippen LogP contribution in [0.1, 0.15) is 29.5 Å². The number of allylic oxidation sites excluding steroid dienone is 1. The fourth-order valence-corrected chi connectivity index (χ4v) is 4.10. The van der Waals surface area contributed by atoms with Gasteiger partial charge in [0.25, 0.3) is 0 Å². The van der Waals surface area contributed by atoms with Gasteiger partial charge in [-0.3, -0.25) is 9.69 Å². The Labute approximate surface area is 107 Å². The van der Waals surface area contributed by atoms with E-state index in [1.54, 1.807) is 0 Å². The zero-order valence-electron chi connectivity index (χ0n) is 10.6. The summed E-state index contributed by atoms with van der Waals surface area (Å²) in [5.74, 6) is 0.290. The third-order valence-corrected chi connectivity index (χ3v) is 4.94. The zero-order chi connectivity index (χ0) is 12.3. The van der Waals surface area contributed by atoms with Gasteiger partial charge in [0.1, 0.15) is 0 Å². The summed E-state index contributed by atoms with van der Waals surface area (Å²) in [6, 6.07) is 7.23. The van der Waals surface area contributed by atoms with E-state index in [9.17, 15) is 4.79 Å². The Bertz CT molecular complexity index is 574. The van der Waals surface area contributed by atoms with Gasteiger partial charge in [0.2, 0.25) is 0 Å². The largest absolute Gasteiger partial charge is 0.295 e. The van der Waals surface area contributed by atoms with Crippen LogP contribution in [-0.2, 0) is 16.8 Å². The first kappa shape index (κ1) is 10.5. The summed E-state index contributed by atoms with van der Waals surface area (Å²) in [7, 11) is 0. The van der Waals surface area contributed by atoms with E-state index in [0.717, 1.165) is 19.5 Å². The number of carbonyl (C=O) groups is 1. The number of aryl methyl sites for hydroxylation is 1. The maximum Gasteiger partial charge on any atom is 0.157 e. The molecule has 3 unspecified atom stereocenters. The van der Waals surface area contributed by atoms with E-state index >= 15 is 0 Å². The molecule has 2 bridgehead atoms. The Kier molecular flexibility index (Phi) is 1.94. The Balaban J connectivity index is 1.95. The normalized spacial score (nSPS) is 36.4. The topological polar surface area (TPSA) is 20.3 Å². The number of nitrogens with zero attached hydrogens (tertiary/aromatic N) is 1. The van der Waals surface area contributed by atoms with Gasteiger partial charge in [-0.05, 0) is 30.5 Å². The highest BCUT2D eigenvalue weighted by Crippen LogP contribution is 2.50. The van der Waals surface area contributed by atoms with Crippen LogP contribution in [0.15, 0.2) is 30.4 Å². The van der Waals surface area contributed by atoms with Crippen molar-refractivity contribution in [2.45, 2.75) is 37.8 Å². The molecule has 0 saturated carbocycles. The molecule has 0 spiro atoms. The molecule has 92 valence electrons. The molecule has 2 nitrogen and oxygen atoms in total. The number of hydrogen-bond donors (Lipinski definition) is 0. The summed E-state index contributed by atoms with van der Waals surface area (Å²) >= 11 is 0. The second-order valence-electron chi connectivity index (χ2n) is 5.94. The lowest BCUT2D eigenvalue weighted by molar-refractivity contribution is -0.116. The number of benzene rings is 1. The molecule has 18 heavy (non-hydrogen) atoms. The lowest BCUT2D eigenvalue weighted by atomic mass is 9.67. The van der Waals surface area contributed by atoms with Crippen LogP contribution in [-0.4, -0.2) is 23.3 Å². The predicted molar refractivity (Wildman–Crippen MR) is 70.4 cm³/mol. The summed E-state index contributed by atoms with van der Waals surface area (Å²) in [6.45, 7) is 4.29. The molecular formula is C16H17NO. The molecule has 1 aliphatic carbocycles. The number of hydrogen-bond acceptors (Lipinski definition) is 2. The molecular weight excluding hydrogens is 222 g/mol. The summed E-state index contributed by atoms with van der Waals surface area (Å²) in [5, 5.41) is 0. The third kappa shape index (κ3) is 1.19. The Hall–Kier alpha value is -1.41. The smallest absolute Gasteiger partial charge is 0.157 e. The van der Waals surface area contributed by atoms with Crippen LogP contribution in [0.3, 0.4) is 0 Å². The van der Waals surface area contributed by atoms with E-state index in [1.807, 2.05) is 6.08 Å². The lowest BCUT2D eigenvalue weighted by Gasteiger charge is -2.43. The molecule has 1 aromatic carbocycles. The van der Waals surface area contributed by atoms with Crippen LogP contribution in [0, 0.1) is 6.92 Å². The van der Waals surface area contributed by atoms with Gasteiger partial charge in [-0.1, -0.05) is 29.8 Å². The molecule has 0 aromatic heterocycles. The molecule has 2 heterocycles. The molecule has 4 rings (SSSR count). The van der Waals surface area contributed by atoms with Gasteiger partial charge < -0.3 is 0 Å². The van der Waals surface area contributed by atoms with Crippen LogP contribution in [0.5, 0.6) is 0 Å². The maximum atomic E-state index is 11.7. The molecule has 3 aliphatic rings. The first-order valence-corrected chi connectivity index (χ1v) is 6.75. The van der Waals surface area contributed by atoms with Crippen LogP contribution in [0.2, 0.25) is 0 Å². The Morgan fingerprint density at radius 2 is 2.28 bits per heavy atom. The van der Waals surface area contributed by atoms with Gasteiger partial charge in [0, 0.05) is 31.0 Å². The monoisotopic (exact) mass is 239 g/mol. The average Bonchev–Trinajstić information content (AvgIpc) is 2.62. The summed E-state index contributed by atoms with van der Waals surface area (Å²) in [6.07, 6.45) is 5.87. The Morgan fingerprint density at radius 3 is 3.17 bits per heavy atom. The van der Waals surface area contributed by atoms with E-state index in [4.69, 9.17) is 0 Å². The van der Waals surface area contributed by atoms with Crippen molar-refractivity contribution in [3.8, 4) is 0 Å². The quantitative estimate of drug-likeness (QED) is 0.692. The molecule has 2 aliphatic heterocycles. The minimum Gasteiger partial charge on any atom is -0.295 e. The summed E-state index contributed by atoms with van der Waals surface area (Å²) in [4.78, 5) is 14.2. The second kappa shape index (κ2) is 3.33. The molecule has 0 radical (unpaired) electrons. The number of ketones is 1. The van der Waals surface area contributed by atoms with E-state index in [2.05, 4.69) is 36.1 Å². The van der Waals surface area contributed by atoms with Crippen LogP contribution in [0.25, 0.3) is 0 Å². The minimum atomic E-state index is 0.120. The van der Waals surface area contributed by atoms with Gasteiger partial charge in [0.05, 0.1) is 0 Å². The van der Waals surface area contributed by atoms with Crippen molar-refractivity contribution in [1.29, 1.82) is 0 Å². The van der Waals surface area contributed by atoms with Gasteiger partial charge in [-0.25, -0.2) is 0 Å². The van der Waals surface area contributed by atoms with E-state index in [1.165, 1.54) is 16.7 Å². The number of rotatable bonds is 0. The van der Waals surface area contributed by atoms with Gasteiger partial charge in [0.15, 0.2) is 5.78 Å². The summed E-state index contributed by atoms with van der Waals surface area (Å²) < 4.78 is 0. The van der Waals surface area contributed by atoms with E-state index in [0.29, 0.717) is 12.5 Å². The van der Waals surface area contributed by atoms with E-state index < -0.39 is 0 Å². The fraction of sp³-hybridized carbons (Fsp3) is 0.438. The van der Waals surface area contributed by atoms with Crippen LogP contribution in [0.4, 0.5) is 0 Å². The van der Waals surface area contributed by atoms with Crippen molar-refractivity contribution in [2.75, 3.05) is 6.54 Å².